The summed E-state index contributed by atoms with van der Waals surface area (Å²) >= 11 is 0. The van der Waals surface area contributed by atoms with Gasteiger partial charge in [0.2, 0.25) is 5.91 Å². The van der Waals surface area contributed by atoms with E-state index in [9.17, 15) is 13.6 Å². The smallest absolute Gasteiger partial charge is 0.244 e. The third kappa shape index (κ3) is 3.19. The summed E-state index contributed by atoms with van der Waals surface area (Å²) in [6.07, 6.45) is 0.580. The number of carbonyl (C=O) groups excluding carboxylic acids is 1. The molecule has 0 radical (unpaired) electrons. The standard InChI is InChI=1S/C19H21F2N2OP/c1-22-14-10-11-23(19(14)24)15-9-8-13(17(20)18(15)21)12-6-4-5-7-16(12)25(2)3/h4-9,14,22H,10-11H2,1-3H3. The summed E-state index contributed by atoms with van der Waals surface area (Å²) in [7, 11) is 1.24. The molecule has 0 aliphatic carbocycles. The maximum Gasteiger partial charge on any atom is 0.244 e. The minimum absolute atomic E-state index is 0.0109. The fraction of sp³-hybridized carbons (Fsp3) is 0.316. The van der Waals surface area contributed by atoms with Gasteiger partial charge in [0.25, 0.3) is 0 Å². The molecule has 3 rings (SSSR count). The van der Waals surface area contributed by atoms with Crippen LogP contribution in [0.5, 0.6) is 0 Å². The quantitative estimate of drug-likeness (QED) is 0.847. The topological polar surface area (TPSA) is 32.3 Å². The Balaban J connectivity index is 2.04. The molecule has 0 spiro atoms. The van der Waals surface area contributed by atoms with E-state index >= 15 is 0 Å². The Morgan fingerprint density at radius 1 is 1.08 bits per heavy atom. The molecule has 0 saturated carbocycles. The number of halogens is 2. The summed E-state index contributed by atoms with van der Waals surface area (Å²) in [6.45, 7) is 4.54. The predicted molar refractivity (Wildman–Crippen MR) is 100 cm³/mol. The van der Waals surface area contributed by atoms with Gasteiger partial charge in [-0.15, -0.1) is 0 Å². The summed E-state index contributed by atoms with van der Waals surface area (Å²) in [6, 6.07) is 10.2. The highest BCUT2D eigenvalue weighted by molar-refractivity contribution is 7.64. The van der Waals surface area contributed by atoms with E-state index in [-0.39, 0.29) is 23.2 Å². The molecule has 25 heavy (non-hydrogen) atoms. The van der Waals surface area contributed by atoms with Gasteiger partial charge in [-0.05, 0) is 49.8 Å². The van der Waals surface area contributed by atoms with Gasteiger partial charge in [0, 0.05) is 12.1 Å². The average Bonchev–Trinajstić information content (AvgIpc) is 2.98. The van der Waals surface area contributed by atoms with Crippen molar-refractivity contribution in [2.45, 2.75) is 12.5 Å². The molecule has 2 aromatic carbocycles. The largest absolute Gasteiger partial charge is 0.309 e. The van der Waals surface area contributed by atoms with Gasteiger partial charge in [-0.3, -0.25) is 4.79 Å². The van der Waals surface area contributed by atoms with E-state index in [2.05, 4.69) is 18.6 Å². The average molecular weight is 362 g/mol. The first kappa shape index (κ1) is 18.0. The lowest BCUT2D eigenvalue weighted by molar-refractivity contribution is -0.118. The van der Waals surface area contributed by atoms with Crippen molar-refractivity contribution in [1.82, 2.24) is 5.32 Å². The van der Waals surface area contributed by atoms with Crippen LogP contribution >= 0.6 is 7.92 Å². The SMILES string of the molecule is CNC1CCN(c2ccc(-c3ccccc3P(C)C)c(F)c2F)C1=O. The van der Waals surface area contributed by atoms with Crippen LogP contribution in [0.4, 0.5) is 14.5 Å². The van der Waals surface area contributed by atoms with Crippen molar-refractivity contribution < 1.29 is 13.6 Å². The lowest BCUT2D eigenvalue weighted by Gasteiger charge is -2.20. The van der Waals surface area contributed by atoms with Crippen molar-refractivity contribution in [2.24, 2.45) is 0 Å². The summed E-state index contributed by atoms with van der Waals surface area (Å²) in [5.74, 6) is -2.09. The van der Waals surface area contributed by atoms with Crippen LogP contribution in [0.15, 0.2) is 36.4 Å². The van der Waals surface area contributed by atoms with Crippen molar-refractivity contribution in [1.29, 1.82) is 0 Å². The molecule has 1 atom stereocenters. The lowest BCUT2D eigenvalue weighted by Crippen LogP contribution is -2.36. The Labute approximate surface area is 147 Å². The fourth-order valence-electron chi connectivity index (χ4n) is 3.23. The van der Waals surface area contributed by atoms with Gasteiger partial charge in [0.1, 0.15) is 0 Å². The van der Waals surface area contributed by atoms with Gasteiger partial charge in [-0.25, -0.2) is 8.78 Å². The minimum Gasteiger partial charge on any atom is -0.309 e. The molecule has 1 saturated heterocycles. The molecule has 1 fully saturated rings. The second-order valence-electron chi connectivity index (χ2n) is 6.29. The molecule has 3 nitrogen and oxygen atoms in total. The number of likely N-dealkylation sites (N-methyl/N-ethyl adjacent to an activating group) is 1. The number of hydrogen-bond donors (Lipinski definition) is 1. The molecule has 6 heteroatoms. The van der Waals surface area contributed by atoms with Crippen LogP contribution in [0.2, 0.25) is 0 Å². The van der Waals surface area contributed by atoms with Crippen LogP contribution in [-0.4, -0.2) is 38.9 Å². The Morgan fingerprint density at radius 3 is 2.44 bits per heavy atom. The highest BCUT2D eigenvalue weighted by Crippen LogP contribution is 2.35. The van der Waals surface area contributed by atoms with E-state index in [1.165, 1.54) is 11.0 Å². The Bertz CT molecular complexity index is 810. The molecular formula is C19H21F2N2OP. The molecule has 1 amide bonds. The highest BCUT2D eigenvalue weighted by atomic mass is 31.1. The first-order valence-electron chi connectivity index (χ1n) is 8.19. The Kier molecular flexibility index (Phi) is 5.16. The van der Waals surface area contributed by atoms with Crippen LogP contribution in [0, 0.1) is 11.6 Å². The molecule has 1 aliphatic rings. The third-order valence-electron chi connectivity index (χ3n) is 4.58. The Hall–Kier alpha value is -1.84. The molecule has 2 aromatic rings. The first-order valence-corrected chi connectivity index (χ1v) is 10.4. The first-order chi connectivity index (χ1) is 12.0. The summed E-state index contributed by atoms with van der Waals surface area (Å²) in [5, 5.41) is 3.92. The van der Waals surface area contributed by atoms with E-state index in [4.69, 9.17) is 0 Å². The monoisotopic (exact) mass is 362 g/mol. The predicted octanol–water partition coefficient (Wildman–Crippen LogP) is 3.32. The number of rotatable bonds is 4. The molecule has 1 N–H and O–H groups in total. The summed E-state index contributed by atoms with van der Waals surface area (Å²) in [5.41, 5.74) is 0.962. The van der Waals surface area contributed by atoms with Crippen molar-refractivity contribution >= 4 is 24.8 Å². The van der Waals surface area contributed by atoms with Gasteiger partial charge >= 0.3 is 0 Å². The number of anilines is 1. The van der Waals surface area contributed by atoms with Crippen molar-refractivity contribution in [3.8, 4) is 11.1 Å². The van der Waals surface area contributed by atoms with Crippen molar-refractivity contribution in [2.75, 3.05) is 31.8 Å². The molecule has 132 valence electrons. The van der Waals surface area contributed by atoms with E-state index < -0.39 is 19.6 Å². The second kappa shape index (κ2) is 7.19. The normalized spacial score (nSPS) is 17.6. The molecular weight excluding hydrogens is 341 g/mol. The van der Waals surface area contributed by atoms with Crippen LogP contribution in [0.25, 0.3) is 11.1 Å². The molecule has 0 bridgehead atoms. The number of carbonyl (C=O) groups is 1. The number of benzene rings is 2. The maximum absolute atomic E-state index is 14.8. The molecule has 1 heterocycles. The van der Waals surface area contributed by atoms with Crippen molar-refractivity contribution in [3.63, 3.8) is 0 Å². The number of nitrogens with one attached hydrogen (secondary N) is 1. The fourth-order valence-corrected chi connectivity index (χ4v) is 4.30. The van der Waals surface area contributed by atoms with E-state index in [1.54, 1.807) is 13.1 Å². The molecule has 0 aromatic heterocycles. The number of nitrogens with zero attached hydrogens (tertiary/aromatic N) is 1. The van der Waals surface area contributed by atoms with Crippen LogP contribution in [0.3, 0.4) is 0 Å². The van der Waals surface area contributed by atoms with Gasteiger partial charge in [-0.2, -0.15) is 0 Å². The Morgan fingerprint density at radius 2 is 1.80 bits per heavy atom. The van der Waals surface area contributed by atoms with Gasteiger partial charge in [-0.1, -0.05) is 32.2 Å². The van der Waals surface area contributed by atoms with Crippen molar-refractivity contribution in [3.05, 3.63) is 48.0 Å². The lowest BCUT2D eigenvalue weighted by atomic mass is 10.0. The zero-order chi connectivity index (χ0) is 18.1. The third-order valence-corrected chi connectivity index (χ3v) is 5.94. The maximum atomic E-state index is 14.8. The van der Waals surface area contributed by atoms with E-state index in [0.29, 0.717) is 18.5 Å². The summed E-state index contributed by atoms with van der Waals surface area (Å²) in [4.78, 5) is 13.6. The van der Waals surface area contributed by atoms with Crippen LogP contribution < -0.4 is 15.5 Å². The molecule has 1 aliphatic heterocycles. The van der Waals surface area contributed by atoms with Crippen LogP contribution in [-0.2, 0) is 4.79 Å². The van der Waals surface area contributed by atoms with Gasteiger partial charge in [0.05, 0.1) is 11.7 Å². The molecule has 1 unspecified atom stereocenters. The zero-order valence-corrected chi connectivity index (χ0v) is 15.4. The van der Waals surface area contributed by atoms with E-state index in [0.717, 1.165) is 5.30 Å². The highest BCUT2D eigenvalue weighted by Gasteiger charge is 2.33. The minimum atomic E-state index is -0.964. The van der Waals surface area contributed by atoms with Gasteiger partial charge in [0.15, 0.2) is 11.6 Å². The second-order valence-corrected chi connectivity index (χ2v) is 8.56. The zero-order valence-electron chi connectivity index (χ0n) is 14.5. The number of hydrogen-bond acceptors (Lipinski definition) is 2. The van der Waals surface area contributed by atoms with E-state index in [1.807, 2.05) is 24.3 Å². The summed E-state index contributed by atoms with van der Waals surface area (Å²) < 4.78 is 29.6. The van der Waals surface area contributed by atoms with Gasteiger partial charge < -0.3 is 10.2 Å². The number of amides is 1. The van der Waals surface area contributed by atoms with Crippen LogP contribution in [0.1, 0.15) is 6.42 Å².